The van der Waals surface area contributed by atoms with Crippen molar-refractivity contribution in [2.24, 2.45) is 0 Å². The molecule has 0 aliphatic rings. The van der Waals surface area contributed by atoms with Crippen molar-refractivity contribution in [1.82, 2.24) is 0 Å². The summed E-state index contributed by atoms with van der Waals surface area (Å²) < 4.78 is 8.34. The van der Waals surface area contributed by atoms with E-state index in [0.29, 0.717) is 22.5 Å². The minimum Gasteiger partial charge on any atom is 0 e. The van der Waals surface area contributed by atoms with E-state index in [0.717, 1.165) is 0 Å². The molecule has 0 aromatic rings. The van der Waals surface area contributed by atoms with E-state index in [1.54, 1.807) is 0 Å². The second-order valence-electron chi connectivity index (χ2n) is 0. The Morgan fingerprint density at radius 2 is 1.25 bits per heavy atom. The molecular weight excluding hydrogens is 360 g/mol. The molecule has 0 rings (SSSR count). The molecule has 0 spiro atoms. The summed E-state index contributed by atoms with van der Waals surface area (Å²) in [5.41, 5.74) is 0. The van der Waals surface area contributed by atoms with E-state index in [4.69, 9.17) is 3.08 Å². The molecule has 0 aliphatic heterocycles. The Hall–Kier alpha value is 3.65. The number of hydrogen-bond donors (Lipinski definition) is 0. The summed E-state index contributed by atoms with van der Waals surface area (Å²) in [5.74, 6) is 0. The molecule has 0 aromatic heterocycles. The SMILES string of the molecule is [Ba].[O]=[Sn].[Sr]. The smallest absolute Gasteiger partial charge is 0 e. The molecule has 14 valence electrons. The van der Waals surface area contributed by atoms with E-state index >= 15 is 0 Å². The number of rotatable bonds is 0. The summed E-state index contributed by atoms with van der Waals surface area (Å²) in [4.78, 5) is 0. The van der Waals surface area contributed by atoms with E-state index in [1.165, 1.54) is 0 Å². The van der Waals surface area contributed by atoms with Gasteiger partial charge in [-0.3, -0.25) is 0 Å². The summed E-state index contributed by atoms with van der Waals surface area (Å²) in [5, 5.41) is 0. The molecule has 0 unspecified atom stereocenters. The first kappa shape index (κ1) is 15.6. The fourth-order valence-electron chi connectivity index (χ4n) is 0. The van der Waals surface area contributed by atoms with Gasteiger partial charge in [0, 0.05) is 94.4 Å². The van der Waals surface area contributed by atoms with Crippen molar-refractivity contribution in [2.75, 3.05) is 0 Å². The Labute approximate surface area is 116 Å². The van der Waals surface area contributed by atoms with Crippen molar-refractivity contribution in [2.45, 2.75) is 0 Å². The van der Waals surface area contributed by atoms with Crippen LogP contribution in [0.2, 0.25) is 0 Å². The Morgan fingerprint density at radius 1 is 1.25 bits per heavy atom. The molecule has 0 saturated carbocycles. The molecule has 0 N–H and O–H groups in total. The molecular formula is BaOSnSr. The summed E-state index contributed by atoms with van der Waals surface area (Å²) in [6.07, 6.45) is 0. The summed E-state index contributed by atoms with van der Waals surface area (Å²) in [6.45, 7) is 0. The molecule has 4 heavy (non-hydrogen) atoms. The Balaban J connectivity index is -0.00000000500. The molecule has 0 aliphatic carbocycles. The zero-order valence-electron chi connectivity index (χ0n) is 2.32. The molecule has 1 nitrogen and oxygen atoms in total. The molecule has 0 bridgehead atoms. The van der Waals surface area contributed by atoms with Gasteiger partial charge in [0.25, 0.3) is 0 Å². The average molecular weight is 360 g/mol. The minimum absolute atomic E-state index is 0. The van der Waals surface area contributed by atoms with E-state index in [1.807, 2.05) is 0 Å². The van der Waals surface area contributed by atoms with Gasteiger partial charge < -0.3 is 0 Å². The fourth-order valence-corrected chi connectivity index (χ4v) is 0. The maximum absolute atomic E-state index is 8.34. The molecule has 0 saturated heterocycles. The van der Waals surface area contributed by atoms with Crippen LogP contribution in [0.15, 0.2) is 0 Å². The van der Waals surface area contributed by atoms with Crippen LogP contribution in [0.25, 0.3) is 0 Å². The Bertz CT molecular complexity index is 8.00. The first-order valence-corrected chi connectivity index (χ1v) is 1.37. The molecule has 6 radical (unpaired) electrons. The van der Waals surface area contributed by atoms with E-state index in [9.17, 15) is 0 Å². The molecule has 0 heterocycles. The standard InChI is InChI=1S/Ba.O.Sn.Sr. The normalized spacial score (nSPS) is 1.00. The van der Waals surface area contributed by atoms with E-state index in [2.05, 4.69) is 0 Å². The van der Waals surface area contributed by atoms with Crippen molar-refractivity contribution >= 4 is 117 Å². The van der Waals surface area contributed by atoms with Gasteiger partial charge in [-0.15, -0.1) is 0 Å². The van der Waals surface area contributed by atoms with Crippen molar-refractivity contribution < 1.29 is 3.08 Å². The van der Waals surface area contributed by atoms with Crippen molar-refractivity contribution in [3.63, 3.8) is 0 Å². The van der Waals surface area contributed by atoms with Crippen LogP contribution >= 0.6 is 0 Å². The summed E-state index contributed by atoms with van der Waals surface area (Å²) in [6, 6.07) is 0. The van der Waals surface area contributed by atoms with Crippen LogP contribution in [-0.2, 0) is 3.08 Å². The molecule has 0 aromatic carbocycles. The zero-order chi connectivity index (χ0) is 2.00. The van der Waals surface area contributed by atoms with Crippen LogP contribution in [0.3, 0.4) is 0 Å². The maximum atomic E-state index is 8.34. The third-order valence-electron chi connectivity index (χ3n) is 0. The first-order valence-electron chi connectivity index (χ1n) is 0.204. The molecule has 0 amide bonds. The minimum atomic E-state index is 0. The molecule has 4 heteroatoms. The van der Waals surface area contributed by atoms with Crippen LogP contribution in [0, 0.1) is 0 Å². The van der Waals surface area contributed by atoms with Gasteiger partial charge in [-0.25, -0.2) is 0 Å². The van der Waals surface area contributed by atoms with Gasteiger partial charge in [-0.2, -0.15) is 0 Å². The predicted octanol–water partition coefficient (Wildman–Crippen LogP) is -1.26. The molecule has 0 fully saturated rings. The third-order valence-corrected chi connectivity index (χ3v) is 0. The maximum Gasteiger partial charge on any atom is 0 e. The predicted molar refractivity (Wildman–Crippen MR) is 17.9 cm³/mol. The van der Waals surface area contributed by atoms with Gasteiger partial charge in [-0.05, 0) is 0 Å². The van der Waals surface area contributed by atoms with Crippen molar-refractivity contribution in [3.05, 3.63) is 0 Å². The van der Waals surface area contributed by atoms with E-state index < -0.39 is 0 Å². The fraction of sp³-hybridized carbons (Fsp3) is 0. The summed E-state index contributed by atoms with van der Waals surface area (Å²) in [7, 11) is 0. The van der Waals surface area contributed by atoms with Crippen molar-refractivity contribution in [1.29, 1.82) is 0 Å². The Morgan fingerprint density at radius 3 is 1.25 bits per heavy atom. The van der Waals surface area contributed by atoms with Crippen LogP contribution in [0.1, 0.15) is 0 Å². The summed E-state index contributed by atoms with van der Waals surface area (Å²) >= 11 is 0.300. The monoisotopic (exact) mass is 362 g/mol. The number of hydrogen-bond acceptors (Lipinski definition) is 1. The van der Waals surface area contributed by atoms with Gasteiger partial charge in [0.2, 0.25) is 0 Å². The Kier molecular flexibility index (Phi) is 62.3. The van der Waals surface area contributed by atoms with Gasteiger partial charge in [0.1, 0.15) is 0 Å². The largest absolute Gasteiger partial charge is 0 e. The van der Waals surface area contributed by atoms with Gasteiger partial charge in [-0.1, -0.05) is 0 Å². The van der Waals surface area contributed by atoms with Crippen LogP contribution in [-0.4, -0.2) is 117 Å². The van der Waals surface area contributed by atoms with Crippen LogP contribution in [0.5, 0.6) is 0 Å². The van der Waals surface area contributed by atoms with Crippen LogP contribution < -0.4 is 0 Å². The topological polar surface area (TPSA) is 17.1 Å². The van der Waals surface area contributed by atoms with Gasteiger partial charge in [0.15, 0.2) is 0 Å². The second kappa shape index (κ2) is 15.9. The first-order chi connectivity index (χ1) is 1.00. The van der Waals surface area contributed by atoms with Crippen molar-refractivity contribution in [3.8, 4) is 0 Å². The average Bonchev–Trinajstić information content (AvgIpc) is 1.00. The quantitative estimate of drug-likeness (QED) is 0.494. The third kappa shape index (κ3) is 9.17. The zero-order valence-corrected chi connectivity index (χ0v) is 13.1. The second-order valence-corrected chi connectivity index (χ2v) is 0. The van der Waals surface area contributed by atoms with Gasteiger partial charge >= 0.3 is 25.6 Å². The van der Waals surface area contributed by atoms with Gasteiger partial charge in [0.05, 0.1) is 0 Å². The molecule has 0 atom stereocenters. The van der Waals surface area contributed by atoms with Crippen LogP contribution in [0.4, 0.5) is 0 Å². The van der Waals surface area contributed by atoms with E-state index in [-0.39, 0.29) is 94.4 Å².